The molecule has 0 aliphatic heterocycles. The average molecular weight is 330 g/mol. The van der Waals surface area contributed by atoms with Crippen molar-refractivity contribution in [3.8, 4) is 0 Å². The maximum absolute atomic E-state index is 12.1. The molecule has 0 bridgehead atoms. The summed E-state index contributed by atoms with van der Waals surface area (Å²) in [4.78, 5) is 27.0. The van der Waals surface area contributed by atoms with E-state index in [1.54, 1.807) is 19.9 Å². The van der Waals surface area contributed by atoms with Gasteiger partial charge in [0, 0.05) is 15.9 Å². The van der Waals surface area contributed by atoms with Crippen LogP contribution in [0.4, 0.5) is 0 Å². The van der Waals surface area contributed by atoms with Gasteiger partial charge in [-0.05, 0) is 26.0 Å². The predicted octanol–water partition coefficient (Wildman–Crippen LogP) is 3.83. The molecule has 0 aliphatic rings. The van der Waals surface area contributed by atoms with Crippen LogP contribution in [0.1, 0.15) is 34.7 Å². The van der Waals surface area contributed by atoms with Crippen molar-refractivity contribution in [2.45, 2.75) is 13.8 Å². The Morgan fingerprint density at radius 1 is 1.10 bits per heavy atom. The largest absolute Gasteiger partial charge is 0.462 e. The zero-order valence-corrected chi connectivity index (χ0v) is 13.0. The number of carbonyl (C=O) groups excluding carboxylic acids is 2. The molecule has 0 radical (unpaired) electrons. The fourth-order valence-corrected chi connectivity index (χ4v) is 2.60. The number of fused-ring (bicyclic) bond motifs is 1. The molecule has 1 N–H and O–H groups in total. The van der Waals surface area contributed by atoms with E-state index in [9.17, 15) is 9.59 Å². The molecule has 5 nitrogen and oxygen atoms in total. The van der Waals surface area contributed by atoms with Crippen LogP contribution in [0.3, 0.4) is 0 Å². The number of benzene rings is 1. The molecule has 0 atom stereocenters. The van der Waals surface area contributed by atoms with Crippen molar-refractivity contribution in [3.63, 3.8) is 0 Å². The number of nitrogens with one attached hydrogen (secondary N) is 1. The summed E-state index contributed by atoms with van der Waals surface area (Å²) in [7, 11) is 0. The highest BCUT2D eigenvalue weighted by molar-refractivity contribution is 6.40. The van der Waals surface area contributed by atoms with E-state index in [4.69, 9.17) is 32.7 Å². The van der Waals surface area contributed by atoms with Crippen molar-refractivity contribution in [1.29, 1.82) is 0 Å². The monoisotopic (exact) mass is 329 g/mol. The van der Waals surface area contributed by atoms with E-state index < -0.39 is 11.9 Å². The van der Waals surface area contributed by atoms with E-state index in [0.717, 1.165) is 0 Å². The first kappa shape index (κ1) is 15.7. The molecule has 21 heavy (non-hydrogen) atoms. The van der Waals surface area contributed by atoms with Crippen LogP contribution in [0.2, 0.25) is 10.0 Å². The lowest BCUT2D eigenvalue weighted by Gasteiger charge is -2.05. The van der Waals surface area contributed by atoms with E-state index >= 15 is 0 Å². The van der Waals surface area contributed by atoms with E-state index in [0.29, 0.717) is 15.9 Å². The molecule has 0 aliphatic carbocycles. The van der Waals surface area contributed by atoms with Crippen LogP contribution in [-0.4, -0.2) is 30.1 Å². The van der Waals surface area contributed by atoms with E-state index in [-0.39, 0.29) is 29.5 Å². The predicted molar refractivity (Wildman–Crippen MR) is 80.2 cm³/mol. The van der Waals surface area contributed by atoms with Gasteiger partial charge in [-0.15, -0.1) is 0 Å². The maximum atomic E-state index is 12.1. The Kier molecular flexibility index (Phi) is 4.75. The van der Waals surface area contributed by atoms with Crippen LogP contribution < -0.4 is 0 Å². The Hall–Kier alpha value is -1.72. The number of H-pyrrole nitrogens is 1. The number of aromatic nitrogens is 1. The third kappa shape index (κ3) is 2.99. The van der Waals surface area contributed by atoms with Crippen molar-refractivity contribution in [1.82, 2.24) is 4.98 Å². The first-order chi connectivity index (χ1) is 9.99. The summed E-state index contributed by atoms with van der Waals surface area (Å²) >= 11 is 12.1. The number of esters is 2. The maximum Gasteiger partial charge on any atom is 0.355 e. The van der Waals surface area contributed by atoms with Crippen LogP contribution in [0.25, 0.3) is 10.9 Å². The Morgan fingerprint density at radius 2 is 1.71 bits per heavy atom. The lowest BCUT2D eigenvalue weighted by Crippen LogP contribution is -2.13. The van der Waals surface area contributed by atoms with Gasteiger partial charge in [-0.25, -0.2) is 9.59 Å². The van der Waals surface area contributed by atoms with Crippen LogP contribution in [0, 0.1) is 0 Å². The van der Waals surface area contributed by atoms with Gasteiger partial charge in [0.1, 0.15) is 11.3 Å². The number of aromatic amines is 1. The SMILES string of the molecule is CCOC(=O)c1[nH]c2cc(Cl)cc(Cl)c2c1C(=O)OCC. The highest BCUT2D eigenvalue weighted by Gasteiger charge is 2.27. The number of ether oxygens (including phenoxy) is 2. The molecule has 1 aromatic carbocycles. The van der Waals surface area contributed by atoms with Crippen molar-refractivity contribution >= 4 is 46.0 Å². The van der Waals surface area contributed by atoms with Gasteiger partial charge in [0.05, 0.1) is 18.2 Å². The second-order valence-electron chi connectivity index (χ2n) is 4.13. The van der Waals surface area contributed by atoms with Crippen LogP contribution in [0.15, 0.2) is 12.1 Å². The van der Waals surface area contributed by atoms with Crippen molar-refractivity contribution in [2.24, 2.45) is 0 Å². The summed E-state index contributed by atoms with van der Waals surface area (Å²) < 4.78 is 9.93. The van der Waals surface area contributed by atoms with E-state index in [2.05, 4.69) is 4.98 Å². The normalized spacial score (nSPS) is 10.7. The van der Waals surface area contributed by atoms with Crippen LogP contribution >= 0.6 is 23.2 Å². The second-order valence-corrected chi connectivity index (χ2v) is 4.97. The van der Waals surface area contributed by atoms with E-state index in [1.807, 2.05) is 0 Å². The van der Waals surface area contributed by atoms with Gasteiger partial charge >= 0.3 is 11.9 Å². The number of carbonyl (C=O) groups is 2. The zero-order chi connectivity index (χ0) is 15.6. The third-order valence-electron chi connectivity index (χ3n) is 2.77. The first-order valence-electron chi connectivity index (χ1n) is 6.34. The van der Waals surface area contributed by atoms with Gasteiger partial charge in [-0.3, -0.25) is 0 Å². The van der Waals surface area contributed by atoms with Gasteiger partial charge in [0.25, 0.3) is 0 Å². The molecular formula is C14H13Cl2NO4. The minimum atomic E-state index is -0.649. The molecule has 1 aromatic heterocycles. The summed E-state index contributed by atoms with van der Waals surface area (Å²) in [5, 5.41) is 1.04. The van der Waals surface area contributed by atoms with Crippen molar-refractivity contribution < 1.29 is 19.1 Å². The lowest BCUT2D eigenvalue weighted by molar-refractivity contribution is 0.0477. The highest BCUT2D eigenvalue weighted by atomic mass is 35.5. The van der Waals surface area contributed by atoms with E-state index in [1.165, 1.54) is 6.07 Å². The zero-order valence-electron chi connectivity index (χ0n) is 11.5. The third-order valence-corrected chi connectivity index (χ3v) is 3.29. The van der Waals surface area contributed by atoms with Crippen LogP contribution in [-0.2, 0) is 9.47 Å². The fourth-order valence-electron chi connectivity index (χ4n) is 2.01. The average Bonchev–Trinajstić information content (AvgIpc) is 2.78. The highest BCUT2D eigenvalue weighted by Crippen LogP contribution is 2.33. The number of hydrogen-bond donors (Lipinski definition) is 1. The molecular weight excluding hydrogens is 317 g/mol. The summed E-state index contributed by atoms with van der Waals surface area (Å²) in [6.07, 6.45) is 0. The molecule has 0 amide bonds. The fraction of sp³-hybridized carbons (Fsp3) is 0.286. The molecule has 0 spiro atoms. The number of halogens is 2. The second kappa shape index (κ2) is 6.37. The number of hydrogen-bond acceptors (Lipinski definition) is 4. The summed E-state index contributed by atoms with van der Waals surface area (Å²) in [5.74, 6) is -1.29. The minimum absolute atomic E-state index is 0.00877. The van der Waals surface area contributed by atoms with Crippen molar-refractivity contribution in [3.05, 3.63) is 33.4 Å². The van der Waals surface area contributed by atoms with Gasteiger partial charge in [-0.2, -0.15) is 0 Å². The molecule has 1 heterocycles. The summed E-state index contributed by atoms with van der Waals surface area (Å²) in [6, 6.07) is 3.07. The van der Waals surface area contributed by atoms with Gasteiger partial charge in [0.15, 0.2) is 0 Å². The minimum Gasteiger partial charge on any atom is -0.462 e. The summed E-state index contributed by atoms with van der Waals surface area (Å²) in [5.41, 5.74) is 0.542. The Bertz CT molecular complexity index is 709. The number of rotatable bonds is 4. The Morgan fingerprint density at radius 3 is 2.33 bits per heavy atom. The Balaban J connectivity index is 2.72. The van der Waals surface area contributed by atoms with Crippen molar-refractivity contribution in [2.75, 3.05) is 13.2 Å². The molecule has 0 fully saturated rings. The summed E-state index contributed by atoms with van der Waals surface area (Å²) in [6.45, 7) is 3.72. The molecule has 7 heteroatoms. The molecule has 112 valence electrons. The molecule has 0 saturated carbocycles. The van der Waals surface area contributed by atoms with Gasteiger partial charge in [0.2, 0.25) is 0 Å². The topological polar surface area (TPSA) is 68.4 Å². The molecule has 2 aromatic rings. The van der Waals surface area contributed by atoms with Gasteiger partial charge in [-0.1, -0.05) is 23.2 Å². The standard InChI is InChI=1S/C14H13Cl2NO4/c1-3-20-13(18)11-10-8(16)5-7(15)6-9(10)17-12(11)14(19)21-4-2/h5-6,17H,3-4H2,1-2H3. The molecule has 0 unspecified atom stereocenters. The van der Waals surface area contributed by atoms with Gasteiger partial charge < -0.3 is 14.5 Å². The van der Waals surface area contributed by atoms with Crippen LogP contribution in [0.5, 0.6) is 0 Å². The first-order valence-corrected chi connectivity index (χ1v) is 7.10. The smallest absolute Gasteiger partial charge is 0.355 e. The lowest BCUT2D eigenvalue weighted by atomic mass is 10.1. The Labute approximate surface area is 131 Å². The molecule has 0 saturated heterocycles. The molecule has 2 rings (SSSR count). The quantitative estimate of drug-likeness (QED) is 0.865.